The van der Waals surface area contributed by atoms with E-state index < -0.39 is 30.2 Å². The lowest BCUT2D eigenvalue weighted by Gasteiger charge is -2.28. The Morgan fingerprint density at radius 2 is 1.86 bits per heavy atom. The molecule has 1 amide bonds. The normalized spacial score (nSPS) is 17.3. The van der Waals surface area contributed by atoms with E-state index >= 15 is 0 Å². The summed E-state index contributed by atoms with van der Waals surface area (Å²) in [5.74, 6) is -0.772. The molecular formula is C12H25BNO7. The van der Waals surface area contributed by atoms with Gasteiger partial charge in [0.25, 0.3) is 0 Å². The first-order valence-electron chi connectivity index (χ1n) is 6.72. The number of nitrogens with two attached hydrogens (primary N) is 1. The molecular weight excluding hydrogens is 281 g/mol. The number of primary amides is 1. The number of carbonyl (C=O) groups excluding carboxylic acids is 1. The average Bonchev–Trinajstić information content (AvgIpc) is 2.41. The Morgan fingerprint density at radius 1 is 1.24 bits per heavy atom. The lowest BCUT2D eigenvalue weighted by Crippen LogP contribution is -2.47. The Balaban J connectivity index is 4.22. The van der Waals surface area contributed by atoms with Crippen molar-refractivity contribution in [3.8, 4) is 0 Å². The van der Waals surface area contributed by atoms with Gasteiger partial charge in [-0.2, -0.15) is 0 Å². The summed E-state index contributed by atoms with van der Waals surface area (Å²) in [7, 11) is 2.08. The molecule has 123 valence electrons. The van der Waals surface area contributed by atoms with Gasteiger partial charge in [0.05, 0.1) is 18.8 Å². The lowest BCUT2D eigenvalue weighted by atomic mass is 9.99. The van der Waals surface area contributed by atoms with Gasteiger partial charge in [-0.15, -0.1) is 0 Å². The first-order chi connectivity index (χ1) is 9.79. The molecule has 0 aromatic carbocycles. The Morgan fingerprint density at radius 3 is 2.33 bits per heavy atom. The van der Waals surface area contributed by atoms with Crippen LogP contribution in [0.1, 0.15) is 20.3 Å². The third-order valence-corrected chi connectivity index (χ3v) is 2.75. The van der Waals surface area contributed by atoms with Crippen LogP contribution in [0.25, 0.3) is 0 Å². The second-order valence-electron chi connectivity index (χ2n) is 4.88. The standard InChI is InChI=1S/C12H25BNO7/c1-7(2)20-5-4-8(15)10(16)11(17)9(19-3)6-21-13-12(14)18/h7-11,15-17H,4-6H2,1-3H3,(H2,14,18)/t8-,9?,10?,11?/m1/s1. The SMILES string of the molecule is COC(CO[B]C(N)=O)C(O)C(O)[C@H](O)CCOC(C)C. The summed E-state index contributed by atoms with van der Waals surface area (Å²) < 4.78 is 15.0. The Bertz CT molecular complexity index is 293. The van der Waals surface area contributed by atoms with Crippen LogP contribution in [0.4, 0.5) is 4.79 Å². The number of aliphatic hydroxyl groups is 3. The van der Waals surface area contributed by atoms with Crippen LogP contribution in [0.3, 0.4) is 0 Å². The molecule has 0 saturated carbocycles. The second kappa shape index (κ2) is 10.9. The highest BCUT2D eigenvalue weighted by atomic mass is 16.5. The van der Waals surface area contributed by atoms with Crippen LogP contribution >= 0.6 is 0 Å². The largest absolute Gasteiger partial charge is 0.427 e. The van der Waals surface area contributed by atoms with Gasteiger partial charge in [-0.05, 0) is 20.3 Å². The molecule has 4 atom stereocenters. The van der Waals surface area contributed by atoms with Gasteiger partial charge in [0.15, 0.2) is 0 Å². The molecule has 0 rings (SSSR count). The zero-order valence-corrected chi connectivity index (χ0v) is 12.6. The molecule has 8 nitrogen and oxygen atoms in total. The zero-order chi connectivity index (χ0) is 16.4. The van der Waals surface area contributed by atoms with E-state index in [2.05, 4.69) is 0 Å². The lowest BCUT2D eigenvalue weighted by molar-refractivity contribution is -0.127. The molecule has 0 heterocycles. The molecule has 21 heavy (non-hydrogen) atoms. The Labute approximate surface area is 125 Å². The first kappa shape index (κ1) is 20.3. The summed E-state index contributed by atoms with van der Waals surface area (Å²) in [4.78, 5) is 10.5. The van der Waals surface area contributed by atoms with E-state index in [0.29, 0.717) is 0 Å². The molecule has 1 radical (unpaired) electrons. The van der Waals surface area contributed by atoms with Crippen LogP contribution in [-0.2, 0) is 14.1 Å². The maximum Gasteiger partial charge on any atom is 0.406 e. The minimum Gasteiger partial charge on any atom is -0.427 e. The van der Waals surface area contributed by atoms with E-state index in [4.69, 9.17) is 19.9 Å². The van der Waals surface area contributed by atoms with Gasteiger partial charge in [-0.25, -0.2) is 0 Å². The summed E-state index contributed by atoms with van der Waals surface area (Å²) in [6.45, 7) is 3.77. The minimum absolute atomic E-state index is 0.0173. The van der Waals surface area contributed by atoms with E-state index in [1.54, 1.807) is 0 Å². The Hall–Kier alpha value is -0.705. The number of methoxy groups -OCH3 is 1. The van der Waals surface area contributed by atoms with Crippen molar-refractivity contribution in [2.45, 2.75) is 50.8 Å². The van der Waals surface area contributed by atoms with E-state index in [1.807, 2.05) is 13.8 Å². The van der Waals surface area contributed by atoms with Crippen molar-refractivity contribution < 1.29 is 34.2 Å². The molecule has 0 aromatic rings. The van der Waals surface area contributed by atoms with Crippen molar-refractivity contribution in [1.29, 1.82) is 0 Å². The van der Waals surface area contributed by atoms with E-state index in [0.717, 1.165) is 7.48 Å². The maximum absolute atomic E-state index is 10.5. The number of carbonyl (C=O) groups is 1. The number of rotatable bonds is 12. The molecule has 0 aliphatic rings. The monoisotopic (exact) mass is 306 g/mol. The third-order valence-electron chi connectivity index (χ3n) is 2.75. The van der Waals surface area contributed by atoms with Gasteiger partial charge in [-0.3, -0.25) is 4.79 Å². The molecule has 0 saturated heterocycles. The predicted octanol–water partition coefficient (Wildman–Crippen LogP) is -1.39. The van der Waals surface area contributed by atoms with Crippen LogP contribution in [0, 0.1) is 0 Å². The molecule has 0 spiro atoms. The van der Waals surface area contributed by atoms with Crippen molar-refractivity contribution in [2.75, 3.05) is 20.3 Å². The van der Waals surface area contributed by atoms with Crippen LogP contribution in [0.2, 0.25) is 0 Å². The van der Waals surface area contributed by atoms with Gasteiger partial charge in [-0.1, -0.05) is 0 Å². The zero-order valence-electron chi connectivity index (χ0n) is 12.6. The number of aliphatic hydroxyl groups excluding tert-OH is 3. The molecule has 5 N–H and O–H groups in total. The summed E-state index contributed by atoms with van der Waals surface area (Å²) in [5, 5.41) is 29.6. The number of hydrogen-bond donors (Lipinski definition) is 4. The molecule has 9 heteroatoms. The fraction of sp³-hybridized carbons (Fsp3) is 0.917. The van der Waals surface area contributed by atoms with Crippen LogP contribution in [-0.4, -0.2) is 79.5 Å². The number of ether oxygens (including phenoxy) is 2. The highest BCUT2D eigenvalue weighted by molar-refractivity contribution is 6.68. The van der Waals surface area contributed by atoms with Crippen LogP contribution in [0.5, 0.6) is 0 Å². The summed E-state index contributed by atoms with van der Waals surface area (Å²) in [6, 6.07) is 0. The van der Waals surface area contributed by atoms with Gasteiger partial charge in [0.2, 0.25) is 5.81 Å². The van der Waals surface area contributed by atoms with Gasteiger partial charge in [0, 0.05) is 13.7 Å². The van der Waals surface area contributed by atoms with Gasteiger partial charge in [0.1, 0.15) is 18.3 Å². The highest BCUT2D eigenvalue weighted by Crippen LogP contribution is 2.11. The quantitative estimate of drug-likeness (QED) is 0.326. The van der Waals surface area contributed by atoms with Gasteiger partial charge < -0.3 is 35.2 Å². The van der Waals surface area contributed by atoms with E-state index in [-0.39, 0.29) is 25.7 Å². The van der Waals surface area contributed by atoms with Crippen molar-refractivity contribution in [3.05, 3.63) is 0 Å². The van der Waals surface area contributed by atoms with E-state index in [1.165, 1.54) is 7.11 Å². The van der Waals surface area contributed by atoms with Crippen molar-refractivity contribution in [1.82, 2.24) is 0 Å². The molecule has 0 aromatic heterocycles. The summed E-state index contributed by atoms with van der Waals surface area (Å²) in [5.41, 5.74) is 4.86. The summed E-state index contributed by atoms with van der Waals surface area (Å²) >= 11 is 0. The fourth-order valence-electron chi connectivity index (χ4n) is 1.57. The molecule has 3 unspecified atom stereocenters. The second-order valence-corrected chi connectivity index (χ2v) is 4.88. The third kappa shape index (κ3) is 9.02. The Kier molecular flexibility index (Phi) is 10.6. The smallest absolute Gasteiger partial charge is 0.406 e. The predicted molar refractivity (Wildman–Crippen MR) is 75.8 cm³/mol. The van der Waals surface area contributed by atoms with Gasteiger partial charge >= 0.3 is 7.48 Å². The van der Waals surface area contributed by atoms with E-state index in [9.17, 15) is 20.1 Å². The molecule has 0 fully saturated rings. The van der Waals surface area contributed by atoms with Crippen molar-refractivity contribution >= 4 is 13.3 Å². The fourth-order valence-corrected chi connectivity index (χ4v) is 1.57. The summed E-state index contributed by atoms with van der Waals surface area (Å²) in [6.07, 6.45) is -4.72. The molecule has 0 bridgehead atoms. The molecule has 0 aliphatic heterocycles. The van der Waals surface area contributed by atoms with Crippen molar-refractivity contribution in [2.24, 2.45) is 5.73 Å². The van der Waals surface area contributed by atoms with Crippen molar-refractivity contribution in [3.63, 3.8) is 0 Å². The minimum atomic E-state index is -1.43. The average molecular weight is 306 g/mol. The van der Waals surface area contributed by atoms with Crippen LogP contribution in [0.15, 0.2) is 0 Å². The maximum atomic E-state index is 10.5. The first-order valence-corrected chi connectivity index (χ1v) is 6.72. The molecule has 0 aliphatic carbocycles. The van der Waals surface area contributed by atoms with Crippen LogP contribution < -0.4 is 5.73 Å². The highest BCUT2D eigenvalue weighted by Gasteiger charge is 2.31. The topological polar surface area (TPSA) is 131 Å². The number of amides is 1. The number of hydrogen-bond acceptors (Lipinski definition) is 7.